The van der Waals surface area contributed by atoms with Gasteiger partial charge in [-0.1, -0.05) is 12.1 Å². The average Bonchev–Trinajstić information content (AvgIpc) is 2.33. The molecule has 3 heteroatoms. The van der Waals surface area contributed by atoms with Crippen LogP contribution >= 0.6 is 0 Å². The molecule has 1 heterocycles. The summed E-state index contributed by atoms with van der Waals surface area (Å²) in [6, 6.07) is 12.1. The maximum atomic E-state index is 11.6. The van der Waals surface area contributed by atoms with Gasteiger partial charge in [-0.25, -0.2) is 4.79 Å². The summed E-state index contributed by atoms with van der Waals surface area (Å²) in [5.41, 5.74) is 2.11. The van der Waals surface area contributed by atoms with Crippen LogP contribution in [0.3, 0.4) is 0 Å². The molecule has 0 N–H and O–H groups in total. The van der Waals surface area contributed by atoms with Gasteiger partial charge in [-0.15, -0.1) is 0 Å². The molecule has 3 nitrogen and oxygen atoms in total. The van der Waals surface area contributed by atoms with E-state index in [9.17, 15) is 4.79 Å². The molecule has 0 aliphatic heterocycles. The summed E-state index contributed by atoms with van der Waals surface area (Å²) < 4.78 is 6.97. The quantitative estimate of drug-likeness (QED) is 0.596. The summed E-state index contributed by atoms with van der Waals surface area (Å²) in [6.45, 7) is 4.49. The molecule has 0 fully saturated rings. The van der Waals surface area contributed by atoms with Crippen molar-refractivity contribution in [2.45, 2.75) is 20.4 Å². The Bertz CT molecular complexity index is 549. The van der Waals surface area contributed by atoms with Gasteiger partial charge < -0.3 is 4.74 Å². The van der Waals surface area contributed by atoms with Crippen molar-refractivity contribution in [2.24, 2.45) is 0 Å². The number of ether oxygens (including phenoxy) is 1. The van der Waals surface area contributed by atoms with E-state index in [1.165, 1.54) is 0 Å². The zero-order valence-electron chi connectivity index (χ0n) is 10.1. The van der Waals surface area contributed by atoms with Crippen molar-refractivity contribution in [3.05, 3.63) is 42.1 Å². The summed E-state index contributed by atoms with van der Waals surface area (Å²) in [5, 5.41) is 1.13. The summed E-state index contributed by atoms with van der Waals surface area (Å²) >= 11 is 0. The fraction of sp³-hybridized carbons (Fsp3) is 0.286. The summed E-state index contributed by atoms with van der Waals surface area (Å²) in [5.74, 6) is -0.197. The maximum absolute atomic E-state index is 11.6. The van der Waals surface area contributed by atoms with Crippen molar-refractivity contribution in [2.75, 3.05) is 6.61 Å². The van der Waals surface area contributed by atoms with Gasteiger partial charge in [0.2, 0.25) is 12.1 Å². The molecule has 0 aliphatic carbocycles. The number of fused-ring (bicyclic) bond motifs is 1. The standard InChI is InChI=1S/C14H16NO2/c1-3-17-14(16)10-15-11(2)8-9-12-6-4-5-7-13(12)15/h4-9H,3,10H2,1-2H3/q+1. The fourth-order valence-electron chi connectivity index (χ4n) is 1.91. The number of aryl methyl sites for hydroxylation is 1. The van der Waals surface area contributed by atoms with Crippen molar-refractivity contribution >= 4 is 16.9 Å². The minimum atomic E-state index is -0.197. The van der Waals surface area contributed by atoms with Gasteiger partial charge in [0.05, 0.1) is 6.61 Å². The molecule has 0 radical (unpaired) electrons. The van der Waals surface area contributed by atoms with Crippen LogP contribution in [0.15, 0.2) is 36.4 Å². The number of pyridine rings is 1. The number of hydrogen-bond acceptors (Lipinski definition) is 2. The highest BCUT2D eigenvalue weighted by molar-refractivity contribution is 5.76. The Hall–Kier alpha value is -1.90. The van der Waals surface area contributed by atoms with E-state index >= 15 is 0 Å². The maximum Gasteiger partial charge on any atom is 0.372 e. The summed E-state index contributed by atoms with van der Waals surface area (Å²) in [6.07, 6.45) is 0. The molecule has 2 aromatic rings. The van der Waals surface area contributed by atoms with Crippen LogP contribution in [0, 0.1) is 6.92 Å². The first-order valence-electron chi connectivity index (χ1n) is 5.76. The Morgan fingerprint density at radius 2 is 2.00 bits per heavy atom. The highest BCUT2D eigenvalue weighted by Crippen LogP contribution is 2.09. The van der Waals surface area contributed by atoms with Gasteiger partial charge in [0, 0.05) is 24.4 Å². The van der Waals surface area contributed by atoms with E-state index in [4.69, 9.17) is 4.74 Å². The van der Waals surface area contributed by atoms with Crippen LogP contribution in [-0.4, -0.2) is 12.6 Å². The third-order valence-corrected chi connectivity index (χ3v) is 2.75. The molecule has 1 aromatic heterocycles. The number of rotatable bonds is 3. The van der Waals surface area contributed by atoms with Crippen molar-refractivity contribution in [3.8, 4) is 0 Å². The Morgan fingerprint density at radius 3 is 2.76 bits per heavy atom. The van der Waals surface area contributed by atoms with Crippen LogP contribution in [0.25, 0.3) is 10.9 Å². The smallest absolute Gasteiger partial charge is 0.372 e. The number of aromatic nitrogens is 1. The Balaban J connectivity index is 2.44. The lowest BCUT2D eigenvalue weighted by molar-refractivity contribution is -0.666. The molecule has 2 rings (SSSR count). The van der Waals surface area contributed by atoms with Crippen LogP contribution in [0.2, 0.25) is 0 Å². The molecule has 0 aliphatic rings. The zero-order valence-corrected chi connectivity index (χ0v) is 10.1. The molecule has 0 saturated heterocycles. The SMILES string of the molecule is CCOC(=O)C[n+]1c(C)ccc2ccccc21. The van der Waals surface area contributed by atoms with Crippen LogP contribution in [0.5, 0.6) is 0 Å². The molecule has 0 bridgehead atoms. The normalized spacial score (nSPS) is 10.5. The van der Waals surface area contributed by atoms with Crippen molar-refractivity contribution < 1.29 is 14.1 Å². The molecule has 0 spiro atoms. The minimum Gasteiger partial charge on any atom is -0.461 e. The first kappa shape index (κ1) is 11.6. The van der Waals surface area contributed by atoms with Gasteiger partial charge in [0.1, 0.15) is 0 Å². The van der Waals surface area contributed by atoms with Gasteiger partial charge in [0.15, 0.2) is 5.69 Å². The second kappa shape index (κ2) is 4.95. The lowest BCUT2D eigenvalue weighted by atomic mass is 10.2. The van der Waals surface area contributed by atoms with E-state index in [0.717, 1.165) is 16.6 Å². The van der Waals surface area contributed by atoms with Crippen LogP contribution < -0.4 is 4.57 Å². The predicted octanol–water partition coefficient (Wildman–Crippen LogP) is 2.00. The summed E-state index contributed by atoms with van der Waals surface area (Å²) in [7, 11) is 0. The summed E-state index contributed by atoms with van der Waals surface area (Å²) in [4.78, 5) is 11.6. The van der Waals surface area contributed by atoms with E-state index in [2.05, 4.69) is 6.07 Å². The van der Waals surface area contributed by atoms with Gasteiger partial charge in [-0.2, -0.15) is 4.57 Å². The van der Waals surface area contributed by atoms with Crippen LogP contribution in [0.4, 0.5) is 0 Å². The van der Waals surface area contributed by atoms with E-state index in [0.29, 0.717) is 6.61 Å². The Morgan fingerprint density at radius 1 is 1.24 bits per heavy atom. The van der Waals surface area contributed by atoms with Crippen LogP contribution in [-0.2, 0) is 16.1 Å². The highest BCUT2D eigenvalue weighted by atomic mass is 16.5. The van der Waals surface area contributed by atoms with Gasteiger partial charge in [0.25, 0.3) is 0 Å². The van der Waals surface area contributed by atoms with Crippen LogP contribution in [0.1, 0.15) is 12.6 Å². The number of carbonyl (C=O) groups is 1. The Labute approximate surface area is 101 Å². The number of nitrogens with zero attached hydrogens (tertiary/aromatic N) is 1. The third-order valence-electron chi connectivity index (χ3n) is 2.75. The number of esters is 1. The molecule has 1 aromatic carbocycles. The molecule has 88 valence electrons. The lowest BCUT2D eigenvalue weighted by Crippen LogP contribution is -2.42. The number of benzene rings is 1. The van der Waals surface area contributed by atoms with E-state index in [1.807, 2.05) is 48.7 Å². The first-order valence-corrected chi connectivity index (χ1v) is 5.76. The second-order valence-corrected chi connectivity index (χ2v) is 3.92. The van der Waals surface area contributed by atoms with Crippen molar-refractivity contribution in [3.63, 3.8) is 0 Å². The number of carbonyl (C=O) groups excluding carboxylic acids is 1. The minimum absolute atomic E-state index is 0.197. The molecule has 0 saturated carbocycles. The topological polar surface area (TPSA) is 30.2 Å². The van der Waals surface area contributed by atoms with Crippen molar-refractivity contribution in [1.29, 1.82) is 0 Å². The van der Waals surface area contributed by atoms with E-state index < -0.39 is 0 Å². The Kier molecular flexibility index (Phi) is 3.38. The molecule has 0 amide bonds. The fourth-order valence-corrected chi connectivity index (χ4v) is 1.91. The predicted molar refractivity (Wildman–Crippen MR) is 65.5 cm³/mol. The second-order valence-electron chi connectivity index (χ2n) is 3.92. The van der Waals surface area contributed by atoms with Crippen molar-refractivity contribution in [1.82, 2.24) is 0 Å². The molecule has 0 unspecified atom stereocenters. The third kappa shape index (κ3) is 2.44. The average molecular weight is 230 g/mol. The van der Waals surface area contributed by atoms with E-state index in [1.54, 1.807) is 0 Å². The van der Waals surface area contributed by atoms with E-state index in [-0.39, 0.29) is 12.5 Å². The monoisotopic (exact) mass is 230 g/mol. The first-order chi connectivity index (χ1) is 8.22. The molecule has 17 heavy (non-hydrogen) atoms. The largest absolute Gasteiger partial charge is 0.461 e. The molecule has 0 atom stereocenters. The lowest BCUT2D eigenvalue weighted by Gasteiger charge is -2.04. The van der Waals surface area contributed by atoms with Gasteiger partial charge in [-0.05, 0) is 19.1 Å². The molecular weight excluding hydrogens is 214 g/mol. The number of hydrogen-bond donors (Lipinski definition) is 0. The number of para-hydroxylation sites is 1. The van der Waals surface area contributed by atoms with Gasteiger partial charge in [-0.3, -0.25) is 0 Å². The molecular formula is C14H16NO2+. The van der Waals surface area contributed by atoms with Gasteiger partial charge >= 0.3 is 5.97 Å². The highest BCUT2D eigenvalue weighted by Gasteiger charge is 2.16. The zero-order chi connectivity index (χ0) is 12.3.